The Kier molecular flexibility index (Phi) is 2.74. The molecule has 1 aromatic rings. The molecule has 0 heterocycles. The number of hydrogen-bond acceptors (Lipinski definition) is 3. The fraction of sp³-hybridized carbons (Fsp3) is 0.364. The van der Waals surface area contributed by atoms with Crippen molar-refractivity contribution in [1.82, 2.24) is 0 Å². The summed E-state index contributed by atoms with van der Waals surface area (Å²) in [4.78, 5) is 11.6. The first kappa shape index (κ1) is 11.8. The van der Waals surface area contributed by atoms with Gasteiger partial charge in [-0.2, -0.15) is 0 Å². The van der Waals surface area contributed by atoms with Gasteiger partial charge in [0.25, 0.3) is 0 Å². The lowest BCUT2D eigenvalue weighted by Crippen LogP contribution is -2.38. The maximum atomic E-state index is 13.5. The molecule has 1 aliphatic rings. The summed E-state index contributed by atoms with van der Waals surface area (Å²) >= 11 is 0. The van der Waals surface area contributed by atoms with Crippen molar-refractivity contribution in [2.24, 2.45) is 5.73 Å². The normalized spacial score (nSPS) is 16.5. The van der Waals surface area contributed by atoms with Gasteiger partial charge in [0, 0.05) is 12.1 Å². The standard InChI is InChI=1S/C11H12F2N2O2/c1-17-9-5-6(12)8(4-7(9)13)15-10(16)11(14)2-3-11/h4-5H,2-3,14H2,1H3,(H,15,16). The summed E-state index contributed by atoms with van der Waals surface area (Å²) < 4.78 is 31.4. The first-order chi connectivity index (χ1) is 7.96. The van der Waals surface area contributed by atoms with Crippen LogP contribution in [0.25, 0.3) is 0 Å². The topological polar surface area (TPSA) is 64.3 Å². The monoisotopic (exact) mass is 242 g/mol. The van der Waals surface area contributed by atoms with Crippen molar-refractivity contribution in [1.29, 1.82) is 0 Å². The molecule has 1 fully saturated rings. The molecule has 0 saturated heterocycles. The van der Waals surface area contributed by atoms with Crippen molar-refractivity contribution in [3.63, 3.8) is 0 Å². The molecule has 1 aromatic carbocycles. The van der Waals surface area contributed by atoms with Crippen LogP contribution in [0.2, 0.25) is 0 Å². The lowest BCUT2D eigenvalue weighted by atomic mass is 10.2. The van der Waals surface area contributed by atoms with E-state index in [9.17, 15) is 13.6 Å². The third-order valence-corrected chi connectivity index (χ3v) is 2.73. The smallest absolute Gasteiger partial charge is 0.244 e. The van der Waals surface area contributed by atoms with Crippen LogP contribution < -0.4 is 15.8 Å². The van der Waals surface area contributed by atoms with Gasteiger partial charge in [-0.25, -0.2) is 8.78 Å². The SMILES string of the molecule is COc1cc(F)c(NC(=O)C2(N)CC2)cc1F. The van der Waals surface area contributed by atoms with Crippen LogP contribution in [0.5, 0.6) is 5.75 Å². The number of rotatable bonds is 3. The summed E-state index contributed by atoms with van der Waals surface area (Å²) in [6.45, 7) is 0. The van der Waals surface area contributed by atoms with E-state index in [0.29, 0.717) is 12.8 Å². The Balaban J connectivity index is 2.21. The zero-order chi connectivity index (χ0) is 12.6. The average Bonchev–Trinajstić information content (AvgIpc) is 3.02. The van der Waals surface area contributed by atoms with E-state index in [2.05, 4.69) is 10.1 Å². The van der Waals surface area contributed by atoms with Crippen molar-refractivity contribution in [2.45, 2.75) is 18.4 Å². The van der Waals surface area contributed by atoms with Crippen LogP contribution in [0.1, 0.15) is 12.8 Å². The van der Waals surface area contributed by atoms with Crippen molar-refractivity contribution < 1.29 is 18.3 Å². The van der Waals surface area contributed by atoms with Crippen molar-refractivity contribution in [2.75, 3.05) is 12.4 Å². The molecule has 6 heteroatoms. The average molecular weight is 242 g/mol. The van der Waals surface area contributed by atoms with Gasteiger partial charge >= 0.3 is 0 Å². The summed E-state index contributed by atoms with van der Waals surface area (Å²) in [5.74, 6) is -2.22. The van der Waals surface area contributed by atoms with Gasteiger partial charge in [0.2, 0.25) is 5.91 Å². The molecule has 0 radical (unpaired) electrons. The highest BCUT2D eigenvalue weighted by molar-refractivity contribution is 6.00. The molecule has 0 bridgehead atoms. The van der Waals surface area contributed by atoms with E-state index >= 15 is 0 Å². The second kappa shape index (κ2) is 3.96. The van der Waals surface area contributed by atoms with Gasteiger partial charge in [-0.1, -0.05) is 0 Å². The van der Waals surface area contributed by atoms with Gasteiger partial charge in [-0.3, -0.25) is 4.79 Å². The van der Waals surface area contributed by atoms with Crippen molar-refractivity contribution in [3.8, 4) is 5.75 Å². The number of amides is 1. The number of ether oxygens (including phenoxy) is 1. The zero-order valence-electron chi connectivity index (χ0n) is 9.22. The lowest BCUT2D eigenvalue weighted by molar-refractivity contribution is -0.118. The fourth-order valence-corrected chi connectivity index (χ4v) is 1.39. The predicted molar refractivity (Wildman–Crippen MR) is 57.7 cm³/mol. The molecule has 4 nitrogen and oxygen atoms in total. The molecule has 17 heavy (non-hydrogen) atoms. The Morgan fingerprint density at radius 3 is 2.59 bits per heavy atom. The van der Waals surface area contributed by atoms with Crippen LogP contribution >= 0.6 is 0 Å². The summed E-state index contributed by atoms with van der Waals surface area (Å²) in [5, 5.41) is 2.27. The fourth-order valence-electron chi connectivity index (χ4n) is 1.39. The van der Waals surface area contributed by atoms with E-state index in [1.165, 1.54) is 7.11 Å². The maximum absolute atomic E-state index is 13.5. The minimum atomic E-state index is -0.928. The number of methoxy groups -OCH3 is 1. The molecule has 1 amide bonds. The Hall–Kier alpha value is -1.69. The van der Waals surface area contributed by atoms with E-state index in [1.807, 2.05) is 0 Å². The zero-order valence-corrected chi connectivity index (χ0v) is 9.22. The summed E-state index contributed by atoms with van der Waals surface area (Å²) in [7, 11) is 1.23. The van der Waals surface area contributed by atoms with E-state index in [1.54, 1.807) is 0 Å². The van der Waals surface area contributed by atoms with Crippen LogP contribution in [-0.2, 0) is 4.79 Å². The van der Waals surface area contributed by atoms with Gasteiger partial charge in [0.15, 0.2) is 17.4 Å². The predicted octanol–water partition coefficient (Wildman–Crippen LogP) is 1.40. The highest BCUT2D eigenvalue weighted by Gasteiger charge is 2.46. The minimum Gasteiger partial charge on any atom is -0.494 e. The Labute approximate surface area is 96.7 Å². The van der Waals surface area contributed by atoms with Crippen molar-refractivity contribution >= 4 is 11.6 Å². The molecule has 0 spiro atoms. The molecule has 0 aliphatic heterocycles. The molecule has 0 unspecified atom stereocenters. The number of carbonyl (C=O) groups is 1. The number of nitrogens with one attached hydrogen (secondary N) is 1. The van der Waals surface area contributed by atoms with Gasteiger partial charge in [0.05, 0.1) is 18.3 Å². The lowest BCUT2D eigenvalue weighted by Gasteiger charge is -2.12. The molecule has 3 N–H and O–H groups in total. The van der Waals surface area contributed by atoms with Crippen molar-refractivity contribution in [3.05, 3.63) is 23.8 Å². The van der Waals surface area contributed by atoms with Crippen LogP contribution in [0, 0.1) is 11.6 Å². The number of hydrogen-bond donors (Lipinski definition) is 2. The molecular weight excluding hydrogens is 230 g/mol. The summed E-state index contributed by atoms with van der Waals surface area (Å²) in [6.07, 6.45) is 1.11. The molecule has 92 valence electrons. The van der Waals surface area contributed by atoms with E-state index in [-0.39, 0.29) is 11.4 Å². The number of halogens is 2. The van der Waals surface area contributed by atoms with Crippen LogP contribution in [0.4, 0.5) is 14.5 Å². The molecule has 2 rings (SSSR count). The first-order valence-electron chi connectivity index (χ1n) is 5.09. The molecule has 1 aliphatic carbocycles. The van der Waals surface area contributed by atoms with Crippen LogP contribution in [0.15, 0.2) is 12.1 Å². The van der Waals surface area contributed by atoms with E-state index in [4.69, 9.17) is 5.73 Å². The second-order valence-corrected chi connectivity index (χ2v) is 4.08. The molecule has 1 saturated carbocycles. The number of anilines is 1. The van der Waals surface area contributed by atoms with Gasteiger partial charge in [-0.05, 0) is 12.8 Å². The number of nitrogens with two attached hydrogens (primary N) is 1. The number of carbonyl (C=O) groups excluding carboxylic acids is 1. The van der Waals surface area contributed by atoms with Crippen LogP contribution in [-0.4, -0.2) is 18.6 Å². The molecule has 0 aromatic heterocycles. The van der Waals surface area contributed by atoms with Gasteiger partial charge < -0.3 is 15.8 Å². The Morgan fingerprint density at radius 1 is 1.41 bits per heavy atom. The van der Waals surface area contributed by atoms with E-state index in [0.717, 1.165) is 12.1 Å². The molecule has 0 atom stereocenters. The Morgan fingerprint density at radius 2 is 2.06 bits per heavy atom. The maximum Gasteiger partial charge on any atom is 0.244 e. The quantitative estimate of drug-likeness (QED) is 0.842. The summed E-state index contributed by atoms with van der Waals surface area (Å²) in [5.41, 5.74) is 4.47. The first-order valence-corrected chi connectivity index (χ1v) is 5.09. The second-order valence-electron chi connectivity index (χ2n) is 4.08. The minimum absolute atomic E-state index is 0.214. The highest BCUT2D eigenvalue weighted by atomic mass is 19.1. The van der Waals surface area contributed by atoms with E-state index < -0.39 is 23.1 Å². The van der Waals surface area contributed by atoms with Gasteiger partial charge in [0.1, 0.15) is 0 Å². The largest absolute Gasteiger partial charge is 0.494 e. The third-order valence-electron chi connectivity index (χ3n) is 2.73. The molecular formula is C11H12F2N2O2. The summed E-state index contributed by atoms with van der Waals surface area (Å²) in [6, 6.07) is 1.75. The van der Waals surface area contributed by atoms with Crippen LogP contribution in [0.3, 0.4) is 0 Å². The Bertz CT molecular complexity index is 473. The number of benzene rings is 1. The van der Waals surface area contributed by atoms with Gasteiger partial charge in [-0.15, -0.1) is 0 Å². The highest BCUT2D eigenvalue weighted by Crippen LogP contribution is 2.34. The third kappa shape index (κ3) is 2.21.